The van der Waals surface area contributed by atoms with Crippen LogP contribution in [-0.4, -0.2) is 38.0 Å². The Morgan fingerprint density at radius 1 is 0.824 bits per heavy atom. The van der Waals surface area contributed by atoms with Crippen molar-refractivity contribution < 1.29 is 25.6 Å². The molecule has 6 nitrogen and oxygen atoms in total. The highest BCUT2D eigenvalue weighted by Gasteiger charge is 2.28. The van der Waals surface area contributed by atoms with Crippen LogP contribution in [0.3, 0.4) is 0 Å². The van der Waals surface area contributed by atoms with Gasteiger partial charge in [-0.2, -0.15) is 16.8 Å². The van der Waals surface area contributed by atoms with Crippen molar-refractivity contribution in [3.63, 3.8) is 0 Å². The average Bonchev–Trinajstić information content (AvgIpc) is 1.99. The summed E-state index contributed by atoms with van der Waals surface area (Å²) in [6, 6.07) is 0. The molecule has 0 spiro atoms. The summed E-state index contributed by atoms with van der Waals surface area (Å²) in [6.45, 7) is 9.07. The molecule has 0 fully saturated rings. The van der Waals surface area contributed by atoms with Gasteiger partial charge in [-0.25, -0.2) is 0 Å². The topological polar surface area (TPSA) is 97.7 Å². The second kappa shape index (κ2) is 5.64. The molecular formula is C9H22O6S2. The van der Waals surface area contributed by atoms with E-state index in [1.54, 1.807) is 20.8 Å². The third kappa shape index (κ3) is 6.97. The van der Waals surface area contributed by atoms with E-state index in [1.165, 1.54) is 27.9 Å². The van der Waals surface area contributed by atoms with E-state index in [1.807, 2.05) is 0 Å². The molecule has 0 bridgehead atoms. The summed E-state index contributed by atoms with van der Waals surface area (Å²) in [6.07, 6.45) is 0. The van der Waals surface area contributed by atoms with Crippen LogP contribution in [0.25, 0.3) is 0 Å². The van der Waals surface area contributed by atoms with Gasteiger partial charge in [-0.3, -0.25) is 8.74 Å². The summed E-state index contributed by atoms with van der Waals surface area (Å²) in [4.78, 5) is 0. The fourth-order valence-corrected chi connectivity index (χ4v) is 0.750. The normalized spacial score (nSPS) is 13.9. The van der Waals surface area contributed by atoms with E-state index in [2.05, 4.69) is 4.18 Å². The number of rotatable bonds is 1. The van der Waals surface area contributed by atoms with Gasteiger partial charge in [0.15, 0.2) is 0 Å². The molecule has 8 heteroatoms. The molecule has 0 aromatic rings. The Bertz CT molecular complexity index is 419. The van der Waals surface area contributed by atoms with Crippen LogP contribution in [0.5, 0.6) is 0 Å². The van der Waals surface area contributed by atoms with E-state index >= 15 is 0 Å². The summed E-state index contributed by atoms with van der Waals surface area (Å²) >= 11 is 0. The zero-order chi connectivity index (χ0) is 14.7. The predicted octanol–water partition coefficient (Wildman–Crippen LogP) is 1.43. The first-order valence-electron chi connectivity index (χ1n) is 4.83. The summed E-state index contributed by atoms with van der Waals surface area (Å²) in [5.41, 5.74) is 0. The Kier molecular flexibility index (Phi) is 6.36. The molecule has 0 aromatic heterocycles. The molecule has 0 aliphatic heterocycles. The molecule has 0 heterocycles. The van der Waals surface area contributed by atoms with Crippen molar-refractivity contribution in [1.29, 1.82) is 0 Å². The maximum absolute atomic E-state index is 10.8. The van der Waals surface area contributed by atoms with E-state index in [4.69, 9.17) is 4.55 Å². The van der Waals surface area contributed by atoms with Gasteiger partial charge < -0.3 is 0 Å². The zero-order valence-corrected chi connectivity index (χ0v) is 12.9. The summed E-state index contributed by atoms with van der Waals surface area (Å²) < 4.78 is 52.8. The molecule has 0 saturated carbocycles. The first-order chi connectivity index (χ1) is 7.06. The van der Waals surface area contributed by atoms with Gasteiger partial charge in [-0.1, -0.05) is 0 Å². The van der Waals surface area contributed by atoms with Crippen molar-refractivity contribution in [3.8, 4) is 0 Å². The maximum Gasteiger partial charge on any atom is 0.272 e. The molecule has 0 amide bonds. The van der Waals surface area contributed by atoms with Gasteiger partial charge in [-0.15, -0.1) is 0 Å². The van der Waals surface area contributed by atoms with Gasteiger partial charge in [0.1, 0.15) is 0 Å². The van der Waals surface area contributed by atoms with Crippen LogP contribution in [0.4, 0.5) is 0 Å². The summed E-state index contributed by atoms with van der Waals surface area (Å²) in [5, 5.41) is 0. The van der Waals surface area contributed by atoms with Gasteiger partial charge in [0, 0.05) is 0 Å². The van der Waals surface area contributed by atoms with Crippen LogP contribution in [-0.2, 0) is 24.4 Å². The highest BCUT2D eigenvalue weighted by atomic mass is 32.2. The first-order valence-corrected chi connectivity index (χ1v) is 7.68. The van der Waals surface area contributed by atoms with Crippen LogP contribution >= 0.6 is 0 Å². The zero-order valence-electron chi connectivity index (χ0n) is 11.3. The third-order valence-electron chi connectivity index (χ3n) is 1.74. The molecular weight excluding hydrogens is 268 g/mol. The van der Waals surface area contributed by atoms with Crippen LogP contribution < -0.4 is 0 Å². The van der Waals surface area contributed by atoms with Crippen LogP contribution in [0.2, 0.25) is 0 Å². The molecule has 0 rings (SSSR count). The minimum atomic E-state index is -3.84. The van der Waals surface area contributed by atoms with Crippen molar-refractivity contribution in [1.82, 2.24) is 0 Å². The maximum atomic E-state index is 10.8. The largest absolute Gasteiger partial charge is 0.285 e. The minimum absolute atomic E-state index is 0.804. The molecule has 0 radical (unpaired) electrons. The molecule has 0 aliphatic rings. The molecule has 1 N–H and O–H groups in total. The fourth-order valence-electron chi connectivity index (χ4n) is 0.250. The van der Waals surface area contributed by atoms with E-state index in [0.29, 0.717) is 0 Å². The van der Waals surface area contributed by atoms with Gasteiger partial charge >= 0.3 is 0 Å². The molecule has 106 valence electrons. The third-order valence-corrected chi connectivity index (χ3v) is 5.23. The minimum Gasteiger partial charge on any atom is -0.285 e. The lowest BCUT2D eigenvalue weighted by atomic mass is 10.3. The fraction of sp³-hybridized carbons (Fsp3) is 1.00. The van der Waals surface area contributed by atoms with Crippen LogP contribution in [0.15, 0.2) is 0 Å². The second-order valence-electron chi connectivity index (χ2n) is 5.32. The van der Waals surface area contributed by atoms with Gasteiger partial charge in [0.2, 0.25) is 0 Å². The van der Waals surface area contributed by atoms with E-state index < -0.39 is 29.7 Å². The number of hydrogen-bond acceptors (Lipinski definition) is 5. The Morgan fingerprint density at radius 2 is 1.06 bits per heavy atom. The van der Waals surface area contributed by atoms with Gasteiger partial charge in [0.25, 0.3) is 20.2 Å². The molecule has 0 atom stereocenters. The highest BCUT2D eigenvalue weighted by molar-refractivity contribution is 7.88. The lowest BCUT2D eigenvalue weighted by Gasteiger charge is -2.15. The molecule has 0 aliphatic carbocycles. The smallest absolute Gasteiger partial charge is 0.272 e. The van der Waals surface area contributed by atoms with E-state index in [-0.39, 0.29) is 0 Å². The Balaban J connectivity index is 0. The summed E-state index contributed by atoms with van der Waals surface area (Å²) in [7, 11) is -6.01. The van der Waals surface area contributed by atoms with E-state index in [0.717, 1.165) is 0 Å². The standard InChI is InChI=1S/C5H12O3S.C4H10O3S/c1-5(2,3)9(6,7)8-4;1-4(2,3)8(5,6)7/h1-4H3;1-3H3,(H,5,6,7). The first kappa shape index (κ1) is 19.2. The highest BCUT2D eigenvalue weighted by Crippen LogP contribution is 2.15. The monoisotopic (exact) mass is 290 g/mol. The Morgan fingerprint density at radius 3 is 1.06 bits per heavy atom. The van der Waals surface area contributed by atoms with Crippen molar-refractivity contribution in [2.45, 2.75) is 51.0 Å². The average molecular weight is 290 g/mol. The summed E-state index contributed by atoms with van der Waals surface area (Å²) in [5.74, 6) is 0. The van der Waals surface area contributed by atoms with Crippen LogP contribution in [0.1, 0.15) is 41.5 Å². The van der Waals surface area contributed by atoms with E-state index in [9.17, 15) is 16.8 Å². The molecule has 0 saturated heterocycles. The van der Waals surface area contributed by atoms with Gasteiger partial charge in [0.05, 0.1) is 16.6 Å². The quantitative estimate of drug-likeness (QED) is 0.579. The lowest BCUT2D eigenvalue weighted by Crippen LogP contribution is -2.28. The van der Waals surface area contributed by atoms with Crippen molar-refractivity contribution in [3.05, 3.63) is 0 Å². The van der Waals surface area contributed by atoms with Crippen LogP contribution in [0, 0.1) is 0 Å². The lowest BCUT2D eigenvalue weighted by molar-refractivity contribution is 0.376. The molecule has 0 aromatic carbocycles. The van der Waals surface area contributed by atoms with Gasteiger partial charge in [-0.05, 0) is 41.5 Å². The molecule has 17 heavy (non-hydrogen) atoms. The predicted molar refractivity (Wildman–Crippen MR) is 67.0 cm³/mol. The second-order valence-corrected chi connectivity index (χ2v) is 9.96. The number of hydrogen-bond donors (Lipinski definition) is 1. The molecule has 0 unspecified atom stereocenters. The van der Waals surface area contributed by atoms with Crippen molar-refractivity contribution >= 4 is 20.2 Å². The Hall–Kier alpha value is -0.180. The van der Waals surface area contributed by atoms with Crippen molar-refractivity contribution in [2.75, 3.05) is 7.11 Å². The Labute approximate surface area is 104 Å². The van der Waals surface area contributed by atoms with Crippen molar-refractivity contribution in [2.24, 2.45) is 0 Å². The SMILES string of the molecule is CC(C)(C)S(=O)(=O)O.COS(=O)(=O)C(C)(C)C.